The molecule has 0 saturated carbocycles. The molecule has 0 atom stereocenters. The maximum absolute atomic E-state index is 5.88. The molecular weight excluding hydrogens is 338 g/mol. The Morgan fingerprint density at radius 2 is 1.88 bits per heavy atom. The fourth-order valence-electron chi connectivity index (χ4n) is 2.10. The van der Waals surface area contributed by atoms with E-state index in [9.17, 15) is 0 Å². The second kappa shape index (κ2) is 8.70. The molecule has 0 spiro atoms. The Labute approximate surface area is 150 Å². The van der Waals surface area contributed by atoms with Gasteiger partial charge in [0.2, 0.25) is 5.13 Å². The average molecular weight is 358 g/mol. The standard InChI is InChI=1S/C18H19N3OS2/c1-2-19-17-20-21-18(24-17)23-13-15-9-6-10-16(11-15)22-12-14-7-4-3-5-8-14/h3-11H,2,12-13H2,1H3,(H,19,20). The Hall–Kier alpha value is -2.05. The van der Waals surface area contributed by atoms with Crippen LogP contribution in [0.2, 0.25) is 0 Å². The summed E-state index contributed by atoms with van der Waals surface area (Å²) >= 11 is 3.28. The van der Waals surface area contributed by atoms with Gasteiger partial charge in [0.15, 0.2) is 4.34 Å². The van der Waals surface area contributed by atoms with E-state index in [2.05, 4.69) is 46.7 Å². The molecule has 124 valence electrons. The number of hydrogen-bond acceptors (Lipinski definition) is 6. The molecule has 0 radical (unpaired) electrons. The van der Waals surface area contributed by atoms with E-state index in [0.29, 0.717) is 6.61 Å². The summed E-state index contributed by atoms with van der Waals surface area (Å²) in [5.74, 6) is 1.74. The maximum Gasteiger partial charge on any atom is 0.206 e. The Morgan fingerprint density at radius 3 is 2.71 bits per heavy atom. The number of thioether (sulfide) groups is 1. The van der Waals surface area contributed by atoms with Crippen LogP contribution in [0.3, 0.4) is 0 Å². The van der Waals surface area contributed by atoms with Gasteiger partial charge in [-0.2, -0.15) is 0 Å². The molecular formula is C18H19N3OS2. The van der Waals surface area contributed by atoms with E-state index in [1.807, 2.05) is 30.3 Å². The van der Waals surface area contributed by atoms with Gasteiger partial charge in [0, 0.05) is 12.3 Å². The monoisotopic (exact) mass is 357 g/mol. The van der Waals surface area contributed by atoms with Crippen LogP contribution in [0, 0.1) is 0 Å². The third-order valence-corrected chi connectivity index (χ3v) is 5.33. The summed E-state index contributed by atoms with van der Waals surface area (Å²) < 4.78 is 6.85. The van der Waals surface area contributed by atoms with Crippen LogP contribution in [0.5, 0.6) is 5.75 Å². The van der Waals surface area contributed by atoms with Crippen LogP contribution in [0.15, 0.2) is 58.9 Å². The van der Waals surface area contributed by atoms with Gasteiger partial charge in [-0.15, -0.1) is 10.2 Å². The highest BCUT2D eigenvalue weighted by atomic mass is 32.2. The second-order valence-electron chi connectivity index (χ2n) is 5.11. The lowest BCUT2D eigenvalue weighted by atomic mass is 10.2. The lowest BCUT2D eigenvalue weighted by Crippen LogP contribution is -1.95. The Morgan fingerprint density at radius 1 is 1.04 bits per heavy atom. The summed E-state index contributed by atoms with van der Waals surface area (Å²) in [4.78, 5) is 0. The second-order valence-corrected chi connectivity index (χ2v) is 7.31. The van der Waals surface area contributed by atoms with Crippen molar-refractivity contribution >= 4 is 28.2 Å². The van der Waals surface area contributed by atoms with E-state index in [-0.39, 0.29) is 0 Å². The van der Waals surface area contributed by atoms with Gasteiger partial charge in [0.25, 0.3) is 0 Å². The predicted octanol–water partition coefficient (Wildman–Crippen LogP) is 4.84. The van der Waals surface area contributed by atoms with Crippen molar-refractivity contribution in [2.45, 2.75) is 23.6 Å². The molecule has 0 bridgehead atoms. The highest BCUT2D eigenvalue weighted by Gasteiger charge is 2.05. The van der Waals surface area contributed by atoms with Crippen molar-refractivity contribution < 1.29 is 4.74 Å². The first-order valence-corrected chi connectivity index (χ1v) is 9.59. The van der Waals surface area contributed by atoms with E-state index >= 15 is 0 Å². The summed E-state index contributed by atoms with van der Waals surface area (Å²) in [6.07, 6.45) is 0. The summed E-state index contributed by atoms with van der Waals surface area (Å²) in [6.45, 7) is 3.50. The zero-order valence-electron chi connectivity index (χ0n) is 13.4. The molecule has 6 heteroatoms. The van der Waals surface area contributed by atoms with E-state index in [4.69, 9.17) is 4.74 Å². The molecule has 4 nitrogen and oxygen atoms in total. The number of rotatable bonds is 8. The molecule has 2 aromatic carbocycles. The normalized spacial score (nSPS) is 10.5. The first-order valence-electron chi connectivity index (χ1n) is 7.79. The molecule has 0 unspecified atom stereocenters. The fourth-order valence-corrected chi connectivity index (χ4v) is 3.86. The summed E-state index contributed by atoms with van der Waals surface area (Å²) in [7, 11) is 0. The number of nitrogens with one attached hydrogen (secondary N) is 1. The molecule has 3 rings (SSSR count). The quantitative estimate of drug-likeness (QED) is 0.585. The van der Waals surface area contributed by atoms with Gasteiger partial charge < -0.3 is 10.1 Å². The first kappa shape index (κ1) is 16.8. The van der Waals surface area contributed by atoms with Crippen molar-refractivity contribution in [3.63, 3.8) is 0 Å². The Balaban J connectivity index is 1.54. The van der Waals surface area contributed by atoms with Crippen LogP contribution < -0.4 is 10.1 Å². The summed E-state index contributed by atoms with van der Waals surface area (Å²) in [6, 6.07) is 18.4. The van der Waals surface area contributed by atoms with Crippen LogP contribution in [0.1, 0.15) is 18.1 Å². The molecule has 1 heterocycles. The minimum atomic E-state index is 0.583. The fraction of sp³-hybridized carbons (Fsp3) is 0.222. The minimum absolute atomic E-state index is 0.583. The largest absolute Gasteiger partial charge is 0.489 e. The van der Waals surface area contributed by atoms with Crippen molar-refractivity contribution in [2.75, 3.05) is 11.9 Å². The minimum Gasteiger partial charge on any atom is -0.489 e. The van der Waals surface area contributed by atoms with Gasteiger partial charge >= 0.3 is 0 Å². The number of benzene rings is 2. The molecule has 0 aliphatic carbocycles. The van der Waals surface area contributed by atoms with E-state index in [1.54, 1.807) is 23.1 Å². The van der Waals surface area contributed by atoms with Crippen LogP contribution in [-0.2, 0) is 12.4 Å². The van der Waals surface area contributed by atoms with Crippen LogP contribution >= 0.6 is 23.1 Å². The Kier molecular flexibility index (Phi) is 6.09. The smallest absolute Gasteiger partial charge is 0.206 e. The summed E-state index contributed by atoms with van der Waals surface area (Å²) in [5, 5.41) is 12.4. The molecule has 0 aliphatic rings. The van der Waals surface area contributed by atoms with Crippen molar-refractivity contribution in [1.29, 1.82) is 0 Å². The third kappa shape index (κ3) is 4.97. The topological polar surface area (TPSA) is 47.0 Å². The number of ether oxygens (including phenoxy) is 1. The molecule has 1 N–H and O–H groups in total. The molecule has 0 fully saturated rings. The van der Waals surface area contributed by atoms with Crippen molar-refractivity contribution in [2.24, 2.45) is 0 Å². The van der Waals surface area contributed by atoms with Crippen LogP contribution in [0.25, 0.3) is 0 Å². The Bertz CT molecular complexity index is 762. The van der Waals surface area contributed by atoms with Crippen LogP contribution in [0.4, 0.5) is 5.13 Å². The van der Waals surface area contributed by atoms with Crippen molar-refractivity contribution in [3.8, 4) is 5.75 Å². The molecule has 3 aromatic rings. The van der Waals surface area contributed by atoms with Crippen molar-refractivity contribution in [1.82, 2.24) is 10.2 Å². The molecule has 0 saturated heterocycles. The molecule has 0 aliphatic heterocycles. The van der Waals surface area contributed by atoms with Gasteiger partial charge in [-0.3, -0.25) is 0 Å². The molecule has 24 heavy (non-hydrogen) atoms. The lowest BCUT2D eigenvalue weighted by Gasteiger charge is -2.07. The van der Waals surface area contributed by atoms with Gasteiger partial charge in [-0.25, -0.2) is 0 Å². The lowest BCUT2D eigenvalue weighted by molar-refractivity contribution is 0.306. The van der Waals surface area contributed by atoms with E-state index in [0.717, 1.165) is 27.5 Å². The van der Waals surface area contributed by atoms with Gasteiger partial charge in [0.1, 0.15) is 12.4 Å². The van der Waals surface area contributed by atoms with Gasteiger partial charge in [-0.1, -0.05) is 65.6 Å². The molecule has 0 amide bonds. The number of aromatic nitrogens is 2. The number of anilines is 1. The van der Waals surface area contributed by atoms with E-state index < -0.39 is 0 Å². The van der Waals surface area contributed by atoms with Crippen molar-refractivity contribution in [3.05, 3.63) is 65.7 Å². The van der Waals surface area contributed by atoms with Crippen LogP contribution in [-0.4, -0.2) is 16.7 Å². The maximum atomic E-state index is 5.88. The third-order valence-electron chi connectivity index (χ3n) is 3.24. The summed E-state index contributed by atoms with van der Waals surface area (Å²) in [5.41, 5.74) is 2.38. The number of hydrogen-bond donors (Lipinski definition) is 1. The predicted molar refractivity (Wildman–Crippen MR) is 101 cm³/mol. The molecule has 1 aromatic heterocycles. The SMILES string of the molecule is CCNc1nnc(SCc2cccc(OCc3ccccc3)c2)s1. The zero-order chi connectivity index (χ0) is 16.6. The average Bonchev–Trinajstić information content (AvgIpc) is 3.07. The first-order chi connectivity index (χ1) is 11.8. The zero-order valence-corrected chi connectivity index (χ0v) is 15.1. The van der Waals surface area contributed by atoms with Gasteiger partial charge in [0.05, 0.1) is 0 Å². The van der Waals surface area contributed by atoms with E-state index in [1.165, 1.54) is 11.1 Å². The van der Waals surface area contributed by atoms with Gasteiger partial charge in [-0.05, 0) is 30.2 Å². The highest BCUT2D eigenvalue weighted by Crippen LogP contribution is 2.29. The number of nitrogens with zero attached hydrogens (tertiary/aromatic N) is 2. The highest BCUT2D eigenvalue weighted by molar-refractivity contribution is 8.00.